The van der Waals surface area contributed by atoms with Gasteiger partial charge in [0, 0.05) is 18.5 Å². The number of ketones is 1. The first-order valence-corrected chi connectivity index (χ1v) is 13.9. The number of hydrogen-bond donors (Lipinski definition) is 1. The monoisotopic (exact) mass is 501 g/mol. The molecule has 1 N–H and O–H groups in total. The summed E-state index contributed by atoms with van der Waals surface area (Å²) in [6, 6.07) is 29.3. The van der Waals surface area contributed by atoms with Gasteiger partial charge in [0.05, 0.1) is 22.5 Å². The first-order chi connectivity index (χ1) is 18.7. The van der Waals surface area contributed by atoms with Crippen LogP contribution in [0.5, 0.6) is 0 Å². The molecule has 38 heavy (non-hydrogen) atoms. The first-order valence-electron chi connectivity index (χ1n) is 13.9. The number of rotatable bonds is 7. The number of pyridine rings is 1. The van der Waals surface area contributed by atoms with Crippen LogP contribution in [0, 0.1) is 5.92 Å². The maximum absolute atomic E-state index is 13.9. The SMILES string of the molecule is O=C1C(=CCC2CCN(Cc3ccccc3)CC2)CCc2nc3ccccc3c(NCc3ccccc3)c21. The van der Waals surface area contributed by atoms with E-state index < -0.39 is 0 Å². The molecule has 0 amide bonds. The van der Waals surface area contributed by atoms with E-state index in [4.69, 9.17) is 4.98 Å². The Morgan fingerprint density at radius 2 is 1.53 bits per heavy atom. The lowest BCUT2D eigenvalue weighted by Crippen LogP contribution is -2.33. The van der Waals surface area contributed by atoms with Crippen LogP contribution in [0.2, 0.25) is 0 Å². The number of allylic oxidation sites excluding steroid dienone is 2. The van der Waals surface area contributed by atoms with Crippen molar-refractivity contribution in [1.29, 1.82) is 0 Å². The number of aromatic nitrogens is 1. The van der Waals surface area contributed by atoms with Crippen LogP contribution in [0.15, 0.2) is 96.6 Å². The van der Waals surface area contributed by atoms with Crippen molar-refractivity contribution in [2.75, 3.05) is 18.4 Å². The van der Waals surface area contributed by atoms with Gasteiger partial charge in [-0.25, -0.2) is 0 Å². The van der Waals surface area contributed by atoms with E-state index in [2.05, 4.69) is 77.0 Å². The summed E-state index contributed by atoms with van der Waals surface area (Å²) in [6.07, 6.45) is 7.21. The summed E-state index contributed by atoms with van der Waals surface area (Å²) in [5, 5.41) is 4.64. The minimum atomic E-state index is 0.154. The molecule has 0 bridgehead atoms. The van der Waals surface area contributed by atoms with Crippen LogP contribution in [0.3, 0.4) is 0 Å². The average molecular weight is 502 g/mol. The van der Waals surface area contributed by atoms with E-state index in [9.17, 15) is 4.79 Å². The van der Waals surface area contributed by atoms with Gasteiger partial charge in [0.15, 0.2) is 5.78 Å². The predicted molar refractivity (Wildman–Crippen MR) is 155 cm³/mol. The van der Waals surface area contributed by atoms with E-state index in [1.165, 1.54) is 24.0 Å². The summed E-state index contributed by atoms with van der Waals surface area (Å²) in [7, 11) is 0. The van der Waals surface area contributed by atoms with Crippen molar-refractivity contribution < 1.29 is 4.79 Å². The number of aryl methyl sites for hydroxylation is 1. The second kappa shape index (κ2) is 11.3. The third kappa shape index (κ3) is 5.41. The van der Waals surface area contributed by atoms with Gasteiger partial charge < -0.3 is 5.32 Å². The molecule has 3 aromatic carbocycles. The summed E-state index contributed by atoms with van der Waals surface area (Å²) in [5.74, 6) is 0.802. The molecule has 0 radical (unpaired) electrons. The summed E-state index contributed by atoms with van der Waals surface area (Å²) < 4.78 is 0. The van der Waals surface area contributed by atoms with Gasteiger partial charge in [-0.15, -0.1) is 0 Å². The van der Waals surface area contributed by atoms with Gasteiger partial charge in [-0.3, -0.25) is 14.7 Å². The summed E-state index contributed by atoms with van der Waals surface area (Å²) in [6.45, 7) is 3.96. The van der Waals surface area contributed by atoms with Crippen LogP contribution in [0.4, 0.5) is 5.69 Å². The van der Waals surface area contributed by atoms with Gasteiger partial charge in [-0.05, 0) is 73.9 Å². The highest BCUT2D eigenvalue weighted by molar-refractivity contribution is 6.17. The summed E-state index contributed by atoms with van der Waals surface area (Å²) in [5.41, 5.74) is 7.12. The minimum absolute atomic E-state index is 0.154. The number of piperidine rings is 1. The standard InChI is InChI=1S/C34H35N3O/c38-34-28(16-15-25-19-21-37(22-20-25)24-27-11-5-2-6-12-27)17-18-31-32(34)33(29-13-7-8-14-30(29)36-31)35-23-26-9-3-1-4-10-26/h1-14,16,25H,15,17-24H2,(H,35,36). The number of anilines is 1. The second-order valence-corrected chi connectivity index (χ2v) is 10.7. The molecular formula is C34H35N3O. The third-order valence-corrected chi connectivity index (χ3v) is 8.08. The highest BCUT2D eigenvalue weighted by Crippen LogP contribution is 2.36. The fourth-order valence-corrected chi connectivity index (χ4v) is 5.91. The Morgan fingerprint density at radius 1 is 0.842 bits per heavy atom. The quantitative estimate of drug-likeness (QED) is 0.272. The van der Waals surface area contributed by atoms with Gasteiger partial charge in [0.1, 0.15) is 0 Å². The van der Waals surface area contributed by atoms with Crippen molar-refractivity contribution in [3.63, 3.8) is 0 Å². The number of carbonyl (C=O) groups is 1. The lowest BCUT2D eigenvalue weighted by atomic mass is 9.85. The lowest BCUT2D eigenvalue weighted by molar-refractivity contribution is 0.102. The van der Waals surface area contributed by atoms with E-state index in [1.807, 2.05) is 24.3 Å². The molecule has 4 nitrogen and oxygen atoms in total. The highest BCUT2D eigenvalue weighted by atomic mass is 16.1. The molecule has 6 rings (SSSR count). The average Bonchev–Trinajstić information content (AvgIpc) is 2.97. The fourth-order valence-electron chi connectivity index (χ4n) is 5.91. The molecule has 2 aliphatic rings. The van der Waals surface area contributed by atoms with Crippen molar-refractivity contribution in [1.82, 2.24) is 9.88 Å². The Morgan fingerprint density at radius 3 is 2.29 bits per heavy atom. The number of para-hydroxylation sites is 1. The zero-order valence-electron chi connectivity index (χ0n) is 21.9. The molecule has 192 valence electrons. The van der Waals surface area contributed by atoms with Crippen LogP contribution in [0.1, 0.15) is 52.9 Å². The normalized spacial score (nSPS) is 17.6. The predicted octanol–water partition coefficient (Wildman–Crippen LogP) is 7.20. The Kier molecular flexibility index (Phi) is 7.32. The fraction of sp³-hybridized carbons (Fsp3) is 0.294. The second-order valence-electron chi connectivity index (χ2n) is 10.7. The molecule has 4 heteroatoms. The van der Waals surface area contributed by atoms with Gasteiger partial charge in [0.2, 0.25) is 0 Å². The molecule has 0 atom stereocenters. The van der Waals surface area contributed by atoms with E-state index >= 15 is 0 Å². The smallest absolute Gasteiger partial charge is 0.192 e. The van der Waals surface area contributed by atoms with E-state index in [0.29, 0.717) is 12.5 Å². The number of carbonyl (C=O) groups excluding carboxylic acids is 1. The van der Waals surface area contributed by atoms with E-state index in [0.717, 1.165) is 72.3 Å². The summed E-state index contributed by atoms with van der Waals surface area (Å²) >= 11 is 0. The number of likely N-dealkylation sites (tertiary alicyclic amines) is 1. The van der Waals surface area contributed by atoms with Crippen molar-refractivity contribution in [3.8, 4) is 0 Å². The molecule has 1 saturated heterocycles. The third-order valence-electron chi connectivity index (χ3n) is 8.08. The van der Waals surface area contributed by atoms with Crippen LogP contribution in [-0.4, -0.2) is 28.8 Å². The van der Waals surface area contributed by atoms with Crippen LogP contribution < -0.4 is 5.32 Å². The Labute approximate surface area is 225 Å². The van der Waals surface area contributed by atoms with E-state index in [-0.39, 0.29) is 5.78 Å². The minimum Gasteiger partial charge on any atom is -0.380 e. The highest BCUT2D eigenvalue weighted by Gasteiger charge is 2.28. The number of hydrogen-bond acceptors (Lipinski definition) is 4. The van der Waals surface area contributed by atoms with Crippen molar-refractivity contribution >= 4 is 22.4 Å². The van der Waals surface area contributed by atoms with Gasteiger partial charge in [0.25, 0.3) is 0 Å². The topological polar surface area (TPSA) is 45.2 Å². The molecule has 2 heterocycles. The molecule has 1 fully saturated rings. The molecule has 1 aromatic heterocycles. The Balaban J connectivity index is 1.17. The number of benzene rings is 3. The van der Waals surface area contributed by atoms with Gasteiger partial charge >= 0.3 is 0 Å². The van der Waals surface area contributed by atoms with Gasteiger partial charge in [-0.1, -0.05) is 84.9 Å². The number of fused-ring (bicyclic) bond motifs is 2. The van der Waals surface area contributed by atoms with Crippen LogP contribution in [-0.2, 0) is 19.5 Å². The first kappa shape index (κ1) is 24.6. The van der Waals surface area contributed by atoms with Crippen LogP contribution in [0.25, 0.3) is 10.9 Å². The maximum atomic E-state index is 13.9. The molecular weight excluding hydrogens is 466 g/mol. The molecule has 4 aromatic rings. The van der Waals surface area contributed by atoms with E-state index in [1.54, 1.807) is 0 Å². The number of Topliss-reactive ketones (excluding diaryl/α,β-unsaturated/α-hetero) is 1. The molecule has 0 saturated carbocycles. The zero-order chi connectivity index (χ0) is 25.7. The summed E-state index contributed by atoms with van der Waals surface area (Å²) in [4.78, 5) is 21.3. The molecule has 1 aliphatic carbocycles. The maximum Gasteiger partial charge on any atom is 0.192 e. The molecule has 0 spiro atoms. The van der Waals surface area contributed by atoms with Crippen molar-refractivity contribution in [2.24, 2.45) is 5.92 Å². The van der Waals surface area contributed by atoms with Crippen molar-refractivity contribution in [3.05, 3.63) is 119 Å². The Bertz CT molecular complexity index is 1440. The largest absolute Gasteiger partial charge is 0.380 e. The number of nitrogens with one attached hydrogen (secondary N) is 1. The van der Waals surface area contributed by atoms with Crippen LogP contribution >= 0.6 is 0 Å². The molecule has 0 unspecified atom stereocenters. The lowest BCUT2D eigenvalue weighted by Gasteiger charge is -2.31. The zero-order valence-corrected chi connectivity index (χ0v) is 21.9. The van der Waals surface area contributed by atoms with Gasteiger partial charge in [-0.2, -0.15) is 0 Å². The number of nitrogens with zero attached hydrogens (tertiary/aromatic N) is 2. The van der Waals surface area contributed by atoms with Crippen molar-refractivity contribution in [2.45, 2.75) is 45.2 Å². The molecule has 1 aliphatic heterocycles. The Hall–Kier alpha value is -3.76.